The van der Waals surface area contributed by atoms with Gasteiger partial charge in [0, 0.05) is 96.8 Å². The van der Waals surface area contributed by atoms with Gasteiger partial charge in [-0.2, -0.15) is 0 Å². The van der Waals surface area contributed by atoms with Gasteiger partial charge in [0.15, 0.2) is 23.3 Å². The Morgan fingerprint density at radius 1 is 0.362 bits per heavy atom. The molecule has 17 heteroatoms. The van der Waals surface area contributed by atoms with E-state index in [0.717, 1.165) is 48.5 Å². The molecule has 4 rings (SSSR count). The summed E-state index contributed by atoms with van der Waals surface area (Å²) in [6.45, 7) is 30.3. The zero-order valence-corrected chi connectivity index (χ0v) is 45.3. The van der Waals surface area contributed by atoms with Gasteiger partial charge >= 0.3 is 19.5 Å². The van der Waals surface area contributed by atoms with Gasteiger partial charge < -0.3 is 59.2 Å². The number of amidine groups is 4. The molecular formula is C52H76N8O8Ru. The second kappa shape index (κ2) is 31.4. The van der Waals surface area contributed by atoms with Crippen molar-refractivity contribution >= 4 is 47.2 Å². The Morgan fingerprint density at radius 3 is 0.609 bits per heavy atom. The molecule has 4 aliphatic carbocycles. The molecular weight excluding hydrogens is 966 g/mol. The predicted octanol–water partition coefficient (Wildman–Crippen LogP) is 4.39. The summed E-state index contributed by atoms with van der Waals surface area (Å²) >= 11 is 0. The molecule has 0 aliphatic heterocycles. The SMILES string of the molecule is CC(C)N=C(C(=O)[O-])N(C1=CC=CC1)C(C)C.CC(C)N=C(C(=O)[O-])N(C1=CC=CC1)C(C)C.CC(C)N=C(C(=O)[O-])N(C1=CC=CC1)C(C)C.CC(C)N=C(C(=O)[O-])N(C1=CC=CC1)C(C)C.[Ru+4]. The Labute approximate surface area is 424 Å². The molecule has 380 valence electrons. The first kappa shape index (κ1) is 63.3. The van der Waals surface area contributed by atoms with Gasteiger partial charge in [0.05, 0.1) is 0 Å². The van der Waals surface area contributed by atoms with E-state index in [-0.39, 0.29) is 91.2 Å². The first-order chi connectivity index (χ1) is 31.7. The molecule has 0 saturated heterocycles. The van der Waals surface area contributed by atoms with Gasteiger partial charge in [-0.25, -0.2) is 0 Å². The van der Waals surface area contributed by atoms with Crippen molar-refractivity contribution in [3.63, 3.8) is 0 Å². The first-order valence-electron chi connectivity index (χ1n) is 23.5. The van der Waals surface area contributed by atoms with E-state index < -0.39 is 23.9 Å². The van der Waals surface area contributed by atoms with Gasteiger partial charge in [0.1, 0.15) is 23.9 Å². The van der Waals surface area contributed by atoms with Crippen molar-refractivity contribution in [1.82, 2.24) is 19.6 Å². The third-order valence-corrected chi connectivity index (χ3v) is 9.48. The van der Waals surface area contributed by atoms with E-state index in [2.05, 4.69) is 20.0 Å². The second-order valence-corrected chi connectivity index (χ2v) is 18.4. The molecule has 0 amide bonds. The summed E-state index contributed by atoms with van der Waals surface area (Å²) in [5, 5.41) is 44.8. The van der Waals surface area contributed by atoms with Crippen molar-refractivity contribution in [2.75, 3.05) is 0 Å². The van der Waals surface area contributed by atoms with E-state index in [0.29, 0.717) is 0 Å². The number of allylic oxidation sites excluding steroid dienone is 12. The molecule has 0 heterocycles. The molecule has 0 radical (unpaired) electrons. The van der Waals surface area contributed by atoms with Gasteiger partial charge in [-0.3, -0.25) is 20.0 Å². The van der Waals surface area contributed by atoms with E-state index in [4.69, 9.17) is 0 Å². The van der Waals surface area contributed by atoms with Crippen LogP contribution in [0.3, 0.4) is 0 Å². The summed E-state index contributed by atoms with van der Waals surface area (Å²) in [6.07, 6.45) is 26.3. The fourth-order valence-corrected chi connectivity index (χ4v) is 7.14. The number of nitrogens with zero attached hydrogens (tertiary/aromatic N) is 8. The molecule has 0 unspecified atom stereocenters. The van der Waals surface area contributed by atoms with Crippen LogP contribution in [0, 0.1) is 0 Å². The average molecular weight is 1040 g/mol. The Kier molecular flexibility index (Phi) is 28.8. The molecule has 69 heavy (non-hydrogen) atoms. The molecule has 0 bridgehead atoms. The van der Waals surface area contributed by atoms with Gasteiger partial charge in [-0.15, -0.1) is 0 Å². The number of hydrogen-bond donors (Lipinski definition) is 0. The molecule has 16 nitrogen and oxygen atoms in total. The summed E-state index contributed by atoms with van der Waals surface area (Å²) < 4.78 is 0. The third-order valence-electron chi connectivity index (χ3n) is 9.48. The summed E-state index contributed by atoms with van der Waals surface area (Å²) in [7, 11) is 0. The first-order valence-corrected chi connectivity index (χ1v) is 23.5. The smallest absolute Gasteiger partial charge is 0.542 e. The molecule has 0 aromatic rings. The number of rotatable bonds is 12. The quantitative estimate of drug-likeness (QED) is 0.151. The van der Waals surface area contributed by atoms with Crippen molar-refractivity contribution in [1.29, 1.82) is 0 Å². The summed E-state index contributed by atoms with van der Waals surface area (Å²) in [5.74, 6) is -4.81. The number of aliphatic imine (C=N–C) groups is 4. The normalized spacial score (nSPS) is 15.4. The van der Waals surface area contributed by atoms with Gasteiger partial charge in [-0.1, -0.05) is 48.6 Å². The molecule has 0 aromatic carbocycles. The molecule has 0 N–H and O–H groups in total. The summed E-state index contributed by atoms with van der Waals surface area (Å²) in [6, 6.07) is -0.127. The van der Waals surface area contributed by atoms with Crippen LogP contribution in [-0.2, 0) is 38.7 Å². The van der Waals surface area contributed by atoms with Gasteiger partial charge in [0.2, 0.25) is 0 Å². The van der Waals surface area contributed by atoms with Crippen molar-refractivity contribution in [3.05, 3.63) is 95.7 Å². The fourth-order valence-electron chi connectivity index (χ4n) is 7.14. The number of aliphatic carboxylic acids is 4. The predicted molar refractivity (Wildman–Crippen MR) is 266 cm³/mol. The Bertz CT molecular complexity index is 1820. The van der Waals surface area contributed by atoms with Crippen LogP contribution in [0.2, 0.25) is 0 Å². The molecule has 0 atom stereocenters. The molecule has 0 saturated carbocycles. The zero-order chi connectivity index (χ0) is 52.0. The minimum atomic E-state index is -1.22. The second-order valence-electron chi connectivity index (χ2n) is 18.4. The standard InChI is InChI=1S/4C13H20N2O2.Ru/c4*1-9(2)14-12(13(16)17)15(10(3)4)11-7-5-6-8-11;/h4*5-7,9-10H,8H2,1-4H3,(H,16,17);/q;;;;+4/p-4. The molecule has 4 aliphatic rings. The van der Waals surface area contributed by atoms with Crippen LogP contribution in [0.5, 0.6) is 0 Å². The van der Waals surface area contributed by atoms with Crippen LogP contribution in [0.25, 0.3) is 0 Å². The van der Waals surface area contributed by atoms with Gasteiger partial charge in [0.25, 0.3) is 0 Å². The summed E-state index contributed by atoms with van der Waals surface area (Å²) in [4.78, 5) is 68.4. The fraction of sp³-hybridized carbons (Fsp3) is 0.538. The number of hydrogen-bond acceptors (Lipinski definition) is 12. The molecule has 0 aromatic heterocycles. The molecule has 0 fully saturated rings. The van der Waals surface area contributed by atoms with Crippen molar-refractivity contribution in [2.24, 2.45) is 20.0 Å². The van der Waals surface area contributed by atoms with E-state index in [1.807, 2.05) is 184 Å². The maximum absolute atomic E-state index is 11.2. The Balaban J connectivity index is 0.000000889. The van der Waals surface area contributed by atoms with Crippen molar-refractivity contribution in [3.8, 4) is 0 Å². The largest absolute Gasteiger partial charge is 4.00 e. The van der Waals surface area contributed by atoms with Crippen LogP contribution in [0.1, 0.15) is 136 Å². The molecule has 0 spiro atoms. The summed E-state index contributed by atoms with van der Waals surface area (Å²) in [5.41, 5.74) is 3.79. The number of carboxylic acid groups (broad SMARTS) is 4. The van der Waals surface area contributed by atoms with Crippen molar-refractivity contribution < 1.29 is 59.1 Å². The van der Waals surface area contributed by atoms with Crippen LogP contribution < -0.4 is 20.4 Å². The van der Waals surface area contributed by atoms with Crippen LogP contribution in [0.4, 0.5) is 0 Å². The minimum absolute atomic E-state index is 0. The van der Waals surface area contributed by atoms with Crippen LogP contribution >= 0.6 is 0 Å². The van der Waals surface area contributed by atoms with Crippen LogP contribution in [0.15, 0.2) is 116 Å². The van der Waals surface area contributed by atoms with Crippen molar-refractivity contribution in [2.45, 2.75) is 185 Å². The maximum atomic E-state index is 11.2. The van der Waals surface area contributed by atoms with Gasteiger partial charge in [-0.05, 0) is 135 Å². The topological polar surface area (TPSA) is 223 Å². The van der Waals surface area contributed by atoms with Crippen LogP contribution in [-0.4, -0.2) is 115 Å². The monoisotopic (exact) mass is 1040 g/mol. The average Bonchev–Trinajstić information content (AvgIpc) is 4.07. The minimum Gasteiger partial charge on any atom is -0.542 e. The number of carbonyl (C=O) groups excluding carboxylic acids is 4. The Morgan fingerprint density at radius 2 is 0.522 bits per heavy atom. The van der Waals surface area contributed by atoms with E-state index >= 15 is 0 Å². The Hall–Kier alpha value is -5.70. The third kappa shape index (κ3) is 21.6. The van der Waals surface area contributed by atoms with E-state index in [1.165, 1.54) is 0 Å². The van der Waals surface area contributed by atoms with E-state index in [9.17, 15) is 39.6 Å². The number of carboxylic acids is 4. The maximum Gasteiger partial charge on any atom is 4.00 e. The van der Waals surface area contributed by atoms with E-state index in [1.54, 1.807) is 19.6 Å². The zero-order valence-electron chi connectivity index (χ0n) is 43.6. The number of carbonyl (C=O) groups is 4.